The molecular formula is C13H17BrF3NO2. The van der Waals surface area contributed by atoms with E-state index in [1.807, 2.05) is 26.0 Å². The second-order valence-electron chi connectivity index (χ2n) is 4.41. The maximum atomic E-state index is 11.9. The number of alkyl halides is 3. The first-order valence-electron chi connectivity index (χ1n) is 6.14. The number of hydrogen-bond acceptors (Lipinski definition) is 3. The van der Waals surface area contributed by atoms with Crippen LogP contribution in [0.15, 0.2) is 22.7 Å². The fraction of sp³-hybridized carbons (Fsp3) is 0.538. The third kappa shape index (κ3) is 6.58. The van der Waals surface area contributed by atoms with Gasteiger partial charge in [-0.3, -0.25) is 4.74 Å². The lowest BCUT2D eigenvalue weighted by molar-refractivity contribution is -0.325. The lowest BCUT2D eigenvalue weighted by Gasteiger charge is -2.15. The van der Waals surface area contributed by atoms with E-state index in [-0.39, 0.29) is 6.61 Å². The maximum Gasteiger partial charge on any atom is 0.522 e. The highest BCUT2D eigenvalue weighted by atomic mass is 79.9. The quantitative estimate of drug-likeness (QED) is 0.753. The van der Waals surface area contributed by atoms with Crippen LogP contribution in [0.2, 0.25) is 0 Å². The number of ether oxygens (including phenoxy) is 2. The average molecular weight is 356 g/mol. The molecule has 0 heterocycles. The highest BCUT2D eigenvalue weighted by molar-refractivity contribution is 9.10. The minimum atomic E-state index is -4.63. The standard InChI is InChI=1S/C13H17BrF3NO2/c1-9(2)18-8-10-4-3-5-11(14)12(10)19-6-7-20-13(15,16)17/h3-5,9,18H,6-8H2,1-2H3. The van der Waals surface area contributed by atoms with Crippen LogP contribution in [0.25, 0.3) is 0 Å². The number of hydrogen-bond donors (Lipinski definition) is 1. The molecule has 0 saturated carbocycles. The zero-order chi connectivity index (χ0) is 15.2. The SMILES string of the molecule is CC(C)NCc1cccc(Br)c1OCCOC(F)(F)F. The first-order chi connectivity index (χ1) is 9.29. The van der Waals surface area contributed by atoms with E-state index in [1.165, 1.54) is 0 Å². The van der Waals surface area contributed by atoms with Gasteiger partial charge < -0.3 is 10.1 Å². The molecular weight excluding hydrogens is 339 g/mol. The smallest absolute Gasteiger partial charge is 0.490 e. The molecule has 0 aliphatic rings. The largest absolute Gasteiger partial charge is 0.522 e. The Morgan fingerprint density at radius 3 is 2.55 bits per heavy atom. The molecule has 1 N–H and O–H groups in total. The van der Waals surface area contributed by atoms with Gasteiger partial charge in [0.2, 0.25) is 0 Å². The fourth-order valence-corrected chi connectivity index (χ4v) is 1.99. The number of nitrogens with one attached hydrogen (secondary N) is 1. The molecule has 0 unspecified atom stereocenters. The van der Waals surface area contributed by atoms with Crippen molar-refractivity contribution in [2.75, 3.05) is 13.2 Å². The molecule has 0 spiro atoms. The molecule has 114 valence electrons. The highest BCUT2D eigenvalue weighted by Gasteiger charge is 2.28. The van der Waals surface area contributed by atoms with Gasteiger partial charge in [0.25, 0.3) is 0 Å². The van der Waals surface area contributed by atoms with Crippen molar-refractivity contribution in [3.63, 3.8) is 0 Å². The average Bonchev–Trinajstić information content (AvgIpc) is 2.32. The van der Waals surface area contributed by atoms with E-state index >= 15 is 0 Å². The third-order valence-corrected chi connectivity index (χ3v) is 2.97. The van der Waals surface area contributed by atoms with Crippen molar-refractivity contribution < 1.29 is 22.6 Å². The van der Waals surface area contributed by atoms with Gasteiger partial charge in [-0.25, -0.2) is 0 Å². The van der Waals surface area contributed by atoms with Crippen LogP contribution >= 0.6 is 15.9 Å². The molecule has 0 atom stereocenters. The summed E-state index contributed by atoms with van der Waals surface area (Å²) in [5.74, 6) is 0.534. The fourth-order valence-electron chi connectivity index (χ4n) is 1.47. The lowest BCUT2D eigenvalue weighted by atomic mass is 10.2. The van der Waals surface area contributed by atoms with Crippen molar-refractivity contribution in [1.29, 1.82) is 0 Å². The van der Waals surface area contributed by atoms with Crippen molar-refractivity contribution in [3.05, 3.63) is 28.2 Å². The van der Waals surface area contributed by atoms with Crippen LogP contribution in [-0.4, -0.2) is 25.6 Å². The third-order valence-electron chi connectivity index (χ3n) is 2.34. The first kappa shape index (κ1) is 17.3. The molecule has 0 saturated heterocycles. The Morgan fingerprint density at radius 1 is 1.25 bits per heavy atom. The second-order valence-corrected chi connectivity index (χ2v) is 5.26. The minimum absolute atomic E-state index is 0.170. The zero-order valence-corrected chi connectivity index (χ0v) is 12.8. The Morgan fingerprint density at radius 2 is 1.95 bits per heavy atom. The van der Waals surface area contributed by atoms with Gasteiger partial charge in [-0.15, -0.1) is 13.2 Å². The van der Waals surface area contributed by atoms with Crippen LogP contribution < -0.4 is 10.1 Å². The van der Waals surface area contributed by atoms with Gasteiger partial charge in [0.1, 0.15) is 12.4 Å². The second kappa shape index (κ2) is 7.85. The van der Waals surface area contributed by atoms with Crippen molar-refractivity contribution in [1.82, 2.24) is 5.32 Å². The molecule has 0 amide bonds. The van der Waals surface area contributed by atoms with Gasteiger partial charge in [0.15, 0.2) is 0 Å². The number of rotatable bonds is 7. The van der Waals surface area contributed by atoms with E-state index in [0.717, 1.165) is 5.56 Å². The Labute approximate surface area is 124 Å². The van der Waals surface area contributed by atoms with Crippen LogP contribution in [-0.2, 0) is 11.3 Å². The highest BCUT2D eigenvalue weighted by Crippen LogP contribution is 2.29. The Balaban J connectivity index is 2.58. The molecule has 1 aromatic carbocycles. The van der Waals surface area contributed by atoms with Crippen LogP contribution in [0.1, 0.15) is 19.4 Å². The van der Waals surface area contributed by atoms with Crippen LogP contribution in [0, 0.1) is 0 Å². The predicted octanol–water partition coefficient (Wildman–Crippen LogP) is 3.86. The van der Waals surface area contributed by atoms with E-state index in [1.54, 1.807) is 6.07 Å². The summed E-state index contributed by atoms with van der Waals surface area (Å²) < 4.78 is 45.3. The molecule has 0 aromatic heterocycles. The van der Waals surface area contributed by atoms with Gasteiger partial charge in [-0.05, 0) is 22.0 Å². The van der Waals surface area contributed by atoms with Gasteiger partial charge in [0.05, 0.1) is 11.1 Å². The summed E-state index contributed by atoms with van der Waals surface area (Å²) in [6, 6.07) is 5.79. The van der Waals surface area contributed by atoms with Crippen LogP contribution in [0.3, 0.4) is 0 Å². The summed E-state index contributed by atoms with van der Waals surface area (Å²) in [6.07, 6.45) is -4.63. The van der Waals surface area contributed by atoms with E-state index in [2.05, 4.69) is 26.0 Å². The number of para-hydroxylation sites is 1. The Hall–Kier alpha value is -0.790. The molecule has 0 aliphatic carbocycles. The van der Waals surface area contributed by atoms with E-state index in [9.17, 15) is 13.2 Å². The zero-order valence-electron chi connectivity index (χ0n) is 11.3. The van der Waals surface area contributed by atoms with Gasteiger partial charge in [0, 0.05) is 18.2 Å². The molecule has 3 nitrogen and oxygen atoms in total. The van der Waals surface area contributed by atoms with Crippen LogP contribution in [0.4, 0.5) is 13.2 Å². The number of halogens is 4. The molecule has 1 rings (SSSR count). The number of benzene rings is 1. The van der Waals surface area contributed by atoms with Gasteiger partial charge in [-0.1, -0.05) is 26.0 Å². The predicted molar refractivity (Wildman–Crippen MR) is 73.6 cm³/mol. The Kier molecular flexibility index (Phi) is 6.78. The molecule has 0 bridgehead atoms. The van der Waals surface area contributed by atoms with Crippen molar-refractivity contribution >= 4 is 15.9 Å². The van der Waals surface area contributed by atoms with E-state index < -0.39 is 13.0 Å². The van der Waals surface area contributed by atoms with Gasteiger partial charge >= 0.3 is 6.36 Å². The summed E-state index contributed by atoms with van der Waals surface area (Å²) in [5.41, 5.74) is 0.875. The first-order valence-corrected chi connectivity index (χ1v) is 6.93. The summed E-state index contributed by atoms with van der Waals surface area (Å²) in [6.45, 7) is 3.89. The molecule has 0 aliphatic heterocycles. The van der Waals surface area contributed by atoms with Crippen LogP contribution in [0.5, 0.6) is 5.75 Å². The molecule has 1 aromatic rings. The van der Waals surface area contributed by atoms with E-state index in [0.29, 0.717) is 22.8 Å². The van der Waals surface area contributed by atoms with Crippen molar-refractivity contribution in [3.8, 4) is 5.75 Å². The molecule has 20 heavy (non-hydrogen) atoms. The summed E-state index contributed by atoms with van der Waals surface area (Å²) >= 11 is 3.33. The molecule has 7 heteroatoms. The summed E-state index contributed by atoms with van der Waals surface area (Å²) in [4.78, 5) is 0. The van der Waals surface area contributed by atoms with Crippen molar-refractivity contribution in [2.45, 2.75) is 32.8 Å². The van der Waals surface area contributed by atoms with Crippen molar-refractivity contribution in [2.24, 2.45) is 0 Å². The topological polar surface area (TPSA) is 30.5 Å². The summed E-state index contributed by atoms with van der Waals surface area (Å²) in [5, 5.41) is 3.23. The van der Waals surface area contributed by atoms with E-state index in [4.69, 9.17) is 4.74 Å². The maximum absolute atomic E-state index is 11.9. The normalized spacial score (nSPS) is 11.9. The molecule has 0 fully saturated rings. The van der Waals surface area contributed by atoms with Gasteiger partial charge in [-0.2, -0.15) is 0 Å². The minimum Gasteiger partial charge on any atom is -0.490 e. The summed E-state index contributed by atoms with van der Waals surface area (Å²) in [7, 11) is 0. The Bertz CT molecular complexity index is 425. The monoisotopic (exact) mass is 355 g/mol. The lowest BCUT2D eigenvalue weighted by Crippen LogP contribution is -2.23. The molecule has 0 radical (unpaired) electrons.